The van der Waals surface area contributed by atoms with Gasteiger partial charge in [-0.1, -0.05) is 12.1 Å². The van der Waals surface area contributed by atoms with Gasteiger partial charge in [0.15, 0.2) is 5.11 Å². The highest BCUT2D eigenvalue weighted by molar-refractivity contribution is 7.80. The van der Waals surface area contributed by atoms with Gasteiger partial charge in [-0.25, -0.2) is 0 Å². The van der Waals surface area contributed by atoms with Crippen molar-refractivity contribution in [2.45, 2.75) is 39.9 Å². The number of rotatable bonds is 6. The van der Waals surface area contributed by atoms with Crippen LogP contribution in [-0.2, 0) is 0 Å². The lowest BCUT2D eigenvalue weighted by atomic mass is 10.2. The van der Waals surface area contributed by atoms with Gasteiger partial charge in [-0.3, -0.25) is 10.1 Å². The summed E-state index contributed by atoms with van der Waals surface area (Å²) in [5, 5.41) is 5.88. The van der Waals surface area contributed by atoms with Crippen molar-refractivity contribution in [3.05, 3.63) is 54.1 Å². The number of anilines is 1. The van der Waals surface area contributed by atoms with Crippen LogP contribution >= 0.6 is 12.2 Å². The van der Waals surface area contributed by atoms with E-state index in [1.54, 1.807) is 24.3 Å². The second-order valence-corrected chi connectivity index (χ2v) is 6.67. The first-order valence-corrected chi connectivity index (χ1v) is 8.90. The first kappa shape index (κ1) is 19.7. The van der Waals surface area contributed by atoms with E-state index in [9.17, 15) is 4.79 Å². The maximum Gasteiger partial charge on any atom is 0.257 e. The number of para-hydroxylation sites is 2. The zero-order valence-electron chi connectivity index (χ0n) is 15.4. The van der Waals surface area contributed by atoms with Gasteiger partial charge in [0.25, 0.3) is 5.91 Å². The van der Waals surface area contributed by atoms with E-state index in [2.05, 4.69) is 10.6 Å². The summed E-state index contributed by atoms with van der Waals surface area (Å²) in [5.41, 5.74) is 1.20. The average Bonchev–Trinajstić information content (AvgIpc) is 2.56. The van der Waals surface area contributed by atoms with Crippen LogP contribution in [0, 0.1) is 0 Å². The quantitative estimate of drug-likeness (QED) is 0.737. The average molecular weight is 372 g/mol. The van der Waals surface area contributed by atoms with Gasteiger partial charge >= 0.3 is 0 Å². The summed E-state index contributed by atoms with van der Waals surface area (Å²) in [7, 11) is 0. The predicted molar refractivity (Wildman–Crippen MR) is 108 cm³/mol. The van der Waals surface area contributed by atoms with E-state index in [4.69, 9.17) is 21.7 Å². The Labute approximate surface area is 159 Å². The number of carbonyl (C=O) groups excluding carboxylic acids is 1. The fraction of sp³-hybridized carbons (Fsp3) is 0.300. The molecular weight excluding hydrogens is 348 g/mol. The maximum absolute atomic E-state index is 12.3. The largest absolute Gasteiger partial charge is 0.491 e. The Morgan fingerprint density at radius 2 is 1.54 bits per heavy atom. The highest BCUT2D eigenvalue weighted by Gasteiger charge is 2.11. The number of ether oxygens (including phenoxy) is 2. The molecule has 0 aliphatic rings. The molecule has 6 heteroatoms. The van der Waals surface area contributed by atoms with Crippen LogP contribution in [0.1, 0.15) is 38.1 Å². The van der Waals surface area contributed by atoms with E-state index < -0.39 is 0 Å². The fourth-order valence-corrected chi connectivity index (χ4v) is 2.42. The predicted octanol–water partition coefficient (Wildman–Crippen LogP) is 4.39. The van der Waals surface area contributed by atoms with Gasteiger partial charge in [0.2, 0.25) is 0 Å². The molecule has 0 saturated heterocycles. The van der Waals surface area contributed by atoms with E-state index in [0.29, 0.717) is 17.0 Å². The van der Waals surface area contributed by atoms with Gasteiger partial charge in [0.1, 0.15) is 11.5 Å². The lowest BCUT2D eigenvalue weighted by Gasteiger charge is -2.16. The molecule has 0 aromatic heterocycles. The molecule has 1 amide bonds. The molecule has 0 radical (unpaired) electrons. The zero-order valence-corrected chi connectivity index (χ0v) is 16.2. The molecule has 5 nitrogen and oxygen atoms in total. The standard InChI is InChI=1S/C20H24N2O3S/c1-13(2)24-16-11-9-15(10-12-16)19(23)22-20(26)21-17-7-5-6-8-18(17)25-14(3)4/h5-14H,1-4H3,(H2,21,22,23,26). The lowest BCUT2D eigenvalue weighted by molar-refractivity contribution is 0.0977. The second-order valence-electron chi connectivity index (χ2n) is 6.26. The molecule has 0 aliphatic carbocycles. The van der Waals surface area contributed by atoms with Crippen LogP contribution in [0.15, 0.2) is 48.5 Å². The van der Waals surface area contributed by atoms with Crippen LogP contribution in [0.3, 0.4) is 0 Å². The smallest absolute Gasteiger partial charge is 0.257 e. The topological polar surface area (TPSA) is 59.6 Å². The molecule has 0 aliphatic heterocycles. The van der Waals surface area contributed by atoms with Gasteiger partial charge in [-0.15, -0.1) is 0 Å². The third-order valence-electron chi connectivity index (χ3n) is 3.21. The Bertz CT molecular complexity index is 758. The van der Waals surface area contributed by atoms with Crippen molar-refractivity contribution in [2.75, 3.05) is 5.32 Å². The summed E-state index contributed by atoms with van der Waals surface area (Å²) in [6.45, 7) is 7.80. The molecule has 0 saturated carbocycles. The van der Waals surface area contributed by atoms with Crippen LogP contribution in [0.4, 0.5) is 5.69 Å². The highest BCUT2D eigenvalue weighted by atomic mass is 32.1. The van der Waals surface area contributed by atoms with Crippen LogP contribution < -0.4 is 20.1 Å². The minimum atomic E-state index is -0.291. The second kappa shape index (κ2) is 9.20. The molecule has 0 bridgehead atoms. The van der Waals surface area contributed by atoms with Crippen LogP contribution in [0.5, 0.6) is 11.5 Å². The summed E-state index contributed by atoms with van der Waals surface area (Å²) < 4.78 is 11.3. The molecule has 0 spiro atoms. The molecule has 0 unspecified atom stereocenters. The first-order chi connectivity index (χ1) is 12.3. The molecule has 0 fully saturated rings. The van der Waals surface area contributed by atoms with Crippen molar-refractivity contribution in [3.8, 4) is 11.5 Å². The molecular formula is C20H24N2O3S. The van der Waals surface area contributed by atoms with Crippen molar-refractivity contribution in [1.82, 2.24) is 5.32 Å². The molecule has 2 aromatic carbocycles. The Morgan fingerprint density at radius 1 is 0.923 bits per heavy atom. The van der Waals surface area contributed by atoms with Crippen LogP contribution in [0.25, 0.3) is 0 Å². The number of benzene rings is 2. The van der Waals surface area contributed by atoms with Gasteiger partial charge in [0.05, 0.1) is 17.9 Å². The minimum absolute atomic E-state index is 0.0349. The van der Waals surface area contributed by atoms with E-state index >= 15 is 0 Å². The Balaban J connectivity index is 1.98. The highest BCUT2D eigenvalue weighted by Crippen LogP contribution is 2.24. The van der Waals surface area contributed by atoms with Crippen LogP contribution in [-0.4, -0.2) is 23.2 Å². The number of hydrogen-bond acceptors (Lipinski definition) is 4. The number of nitrogens with one attached hydrogen (secondary N) is 2. The third kappa shape index (κ3) is 6.04. The van der Waals surface area contributed by atoms with E-state index in [0.717, 1.165) is 5.75 Å². The minimum Gasteiger partial charge on any atom is -0.491 e. The third-order valence-corrected chi connectivity index (χ3v) is 3.42. The molecule has 138 valence electrons. The molecule has 2 rings (SSSR count). The molecule has 2 N–H and O–H groups in total. The summed E-state index contributed by atoms with van der Waals surface area (Å²) >= 11 is 5.25. The number of thiocarbonyl (C=S) groups is 1. The molecule has 0 heterocycles. The van der Waals surface area contributed by atoms with E-state index in [1.165, 1.54) is 0 Å². The van der Waals surface area contributed by atoms with Crippen molar-refractivity contribution in [2.24, 2.45) is 0 Å². The maximum atomic E-state index is 12.3. The van der Waals surface area contributed by atoms with Gasteiger partial charge in [0, 0.05) is 5.56 Å². The SMILES string of the molecule is CC(C)Oc1ccc(C(=O)NC(=S)Nc2ccccc2OC(C)C)cc1. The summed E-state index contributed by atoms with van der Waals surface area (Å²) in [4.78, 5) is 12.3. The molecule has 26 heavy (non-hydrogen) atoms. The normalized spacial score (nSPS) is 10.5. The lowest BCUT2D eigenvalue weighted by Crippen LogP contribution is -2.34. The summed E-state index contributed by atoms with van der Waals surface area (Å²) in [6.07, 6.45) is 0.118. The fourth-order valence-electron chi connectivity index (χ4n) is 2.21. The Morgan fingerprint density at radius 3 is 2.15 bits per heavy atom. The number of amides is 1. The van der Waals surface area contributed by atoms with E-state index in [1.807, 2.05) is 52.0 Å². The van der Waals surface area contributed by atoms with Crippen molar-refractivity contribution in [1.29, 1.82) is 0 Å². The van der Waals surface area contributed by atoms with Crippen LogP contribution in [0.2, 0.25) is 0 Å². The number of hydrogen-bond donors (Lipinski definition) is 2. The van der Waals surface area contributed by atoms with Gasteiger partial charge < -0.3 is 14.8 Å². The van der Waals surface area contributed by atoms with Crippen molar-refractivity contribution >= 4 is 28.9 Å². The summed E-state index contributed by atoms with van der Waals surface area (Å²) in [6, 6.07) is 14.4. The van der Waals surface area contributed by atoms with Crippen molar-refractivity contribution in [3.63, 3.8) is 0 Å². The summed E-state index contributed by atoms with van der Waals surface area (Å²) in [5.74, 6) is 1.10. The van der Waals surface area contributed by atoms with E-state index in [-0.39, 0.29) is 23.2 Å². The zero-order chi connectivity index (χ0) is 19.1. The monoisotopic (exact) mass is 372 g/mol. The first-order valence-electron chi connectivity index (χ1n) is 8.50. The van der Waals surface area contributed by atoms with Gasteiger partial charge in [-0.05, 0) is 76.3 Å². The van der Waals surface area contributed by atoms with Gasteiger partial charge in [-0.2, -0.15) is 0 Å². The molecule has 2 aromatic rings. The van der Waals surface area contributed by atoms with Crippen molar-refractivity contribution < 1.29 is 14.3 Å². The Kier molecular flexibility index (Phi) is 6.97. The molecule has 0 atom stereocenters. The number of carbonyl (C=O) groups is 1. The Hall–Kier alpha value is -2.60.